The molecule has 4 heteroatoms. The number of nitrogens with one attached hydrogen (secondary N) is 1. The van der Waals surface area contributed by atoms with Gasteiger partial charge in [0, 0.05) is 24.6 Å². The fourth-order valence-electron chi connectivity index (χ4n) is 3.53. The lowest BCUT2D eigenvalue weighted by molar-refractivity contribution is -0.127. The smallest absolute Gasteiger partial charge is 0.243 e. The van der Waals surface area contributed by atoms with Crippen LogP contribution in [0.4, 0.5) is 5.69 Å². The maximum atomic E-state index is 12.9. The Morgan fingerprint density at radius 1 is 1.24 bits per heavy atom. The summed E-state index contributed by atoms with van der Waals surface area (Å²) in [6.45, 7) is 2.50. The average Bonchev–Trinajstić information content (AvgIpc) is 3.14. The third-order valence-corrected chi connectivity index (χ3v) is 4.57. The number of anilines is 1. The highest BCUT2D eigenvalue weighted by Crippen LogP contribution is 2.36. The van der Waals surface area contributed by atoms with E-state index in [4.69, 9.17) is 0 Å². The molecule has 1 N–H and O–H groups in total. The van der Waals surface area contributed by atoms with Crippen LogP contribution in [0.5, 0.6) is 0 Å². The molecule has 2 amide bonds. The summed E-state index contributed by atoms with van der Waals surface area (Å²) in [4.78, 5) is 27.0. The number of para-hydroxylation sites is 1. The van der Waals surface area contributed by atoms with E-state index in [0.717, 1.165) is 36.9 Å². The van der Waals surface area contributed by atoms with E-state index in [-0.39, 0.29) is 23.8 Å². The van der Waals surface area contributed by atoms with Gasteiger partial charge in [0.05, 0.1) is 0 Å². The van der Waals surface area contributed by atoms with E-state index in [9.17, 15) is 9.59 Å². The Hall–Kier alpha value is -1.84. The average molecular weight is 286 g/mol. The van der Waals surface area contributed by atoms with Gasteiger partial charge in [-0.15, -0.1) is 0 Å². The van der Waals surface area contributed by atoms with Crippen LogP contribution in [0.15, 0.2) is 24.3 Å². The largest absolute Gasteiger partial charge is 0.355 e. The topological polar surface area (TPSA) is 49.4 Å². The summed E-state index contributed by atoms with van der Waals surface area (Å²) >= 11 is 0. The number of hydrogen-bond acceptors (Lipinski definition) is 2. The van der Waals surface area contributed by atoms with Crippen molar-refractivity contribution in [2.24, 2.45) is 5.92 Å². The van der Waals surface area contributed by atoms with Crippen LogP contribution in [0.2, 0.25) is 0 Å². The Morgan fingerprint density at radius 2 is 1.95 bits per heavy atom. The number of benzene rings is 1. The molecule has 0 spiro atoms. The lowest BCUT2D eigenvalue weighted by atomic mass is 10.1. The second kappa shape index (κ2) is 5.88. The number of amides is 2. The van der Waals surface area contributed by atoms with Gasteiger partial charge in [0.2, 0.25) is 11.8 Å². The second-order valence-corrected chi connectivity index (χ2v) is 5.93. The molecule has 1 unspecified atom stereocenters. The van der Waals surface area contributed by atoms with Crippen molar-refractivity contribution in [2.45, 2.75) is 45.1 Å². The molecule has 1 aromatic rings. The monoisotopic (exact) mass is 286 g/mol. The highest BCUT2D eigenvalue weighted by Gasteiger charge is 2.40. The predicted octanol–water partition coefficient (Wildman–Crippen LogP) is 2.27. The molecule has 0 aromatic heterocycles. The summed E-state index contributed by atoms with van der Waals surface area (Å²) in [5.41, 5.74) is 2.02. The fourth-order valence-corrected chi connectivity index (χ4v) is 3.53. The number of rotatable bonds is 3. The quantitative estimate of drug-likeness (QED) is 0.926. The molecule has 1 atom stereocenters. The molecule has 2 aliphatic rings. The van der Waals surface area contributed by atoms with Crippen molar-refractivity contribution in [3.8, 4) is 0 Å². The SMILES string of the molecule is CCNC(=O)C1Cc2ccccc2N1C(=O)C1CCCC1. The number of hydrogen-bond donors (Lipinski definition) is 1. The number of carbonyl (C=O) groups excluding carboxylic acids is 2. The predicted molar refractivity (Wildman–Crippen MR) is 82.1 cm³/mol. The van der Waals surface area contributed by atoms with Crippen molar-refractivity contribution in [2.75, 3.05) is 11.4 Å². The van der Waals surface area contributed by atoms with Crippen molar-refractivity contribution in [3.05, 3.63) is 29.8 Å². The summed E-state index contributed by atoms with van der Waals surface area (Å²) < 4.78 is 0. The first-order valence-electron chi connectivity index (χ1n) is 7.91. The maximum absolute atomic E-state index is 12.9. The molecule has 0 saturated heterocycles. The van der Waals surface area contributed by atoms with Gasteiger partial charge in [-0.2, -0.15) is 0 Å². The van der Waals surface area contributed by atoms with Crippen molar-refractivity contribution in [3.63, 3.8) is 0 Å². The first kappa shape index (κ1) is 14.1. The van der Waals surface area contributed by atoms with Gasteiger partial charge in [0.1, 0.15) is 6.04 Å². The Balaban J connectivity index is 1.91. The lowest BCUT2D eigenvalue weighted by Crippen LogP contribution is -2.49. The molecule has 21 heavy (non-hydrogen) atoms. The summed E-state index contributed by atoms with van der Waals surface area (Å²) in [7, 11) is 0. The van der Waals surface area contributed by atoms with E-state index in [1.807, 2.05) is 31.2 Å². The van der Waals surface area contributed by atoms with E-state index in [1.165, 1.54) is 0 Å². The summed E-state index contributed by atoms with van der Waals surface area (Å²) in [5.74, 6) is 0.182. The van der Waals surface area contributed by atoms with Gasteiger partial charge in [0.25, 0.3) is 0 Å². The van der Waals surface area contributed by atoms with Gasteiger partial charge in [-0.1, -0.05) is 31.0 Å². The van der Waals surface area contributed by atoms with E-state index >= 15 is 0 Å². The van der Waals surface area contributed by atoms with Gasteiger partial charge in [-0.25, -0.2) is 0 Å². The Bertz CT molecular complexity index is 549. The van der Waals surface area contributed by atoms with Gasteiger partial charge >= 0.3 is 0 Å². The van der Waals surface area contributed by atoms with Gasteiger partial charge in [-0.05, 0) is 31.4 Å². The number of likely N-dealkylation sites (N-methyl/N-ethyl adjacent to an activating group) is 1. The Labute approximate surface area is 125 Å². The minimum atomic E-state index is -0.379. The fraction of sp³-hybridized carbons (Fsp3) is 0.529. The minimum Gasteiger partial charge on any atom is -0.355 e. The van der Waals surface area contributed by atoms with Crippen LogP contribution in [-0.2, 0) is 16.0 Å². The summed E-state index contributed by atoms with van der Waals surface area (Å²) in [6.07, 6.45) is 4.79. The lowest BCUT2D eigenvalue weighted by Gasteiger charge is -2.27. The molecular weight excluding hydrogens is 264 g/mol. The van der Waals surface area contributed by atoms with Gasteiger partial charge < -0.3 is 5.32 Å². The first-order chi connectivity index (χ1) is 10.2. The molecular formula is C17H22N2O2. The molecule has 1 aromatic carbocycles. The van der Waals surface area contributed by atoms with Crippen molar-refractivity contribution in [1.29, 1.82) is 0 Å². The molecule has 3 rings (SSSR count). The second-order valence-electron chi connectivity index (χ2n) is 5.93. The zero-order valence-electron chi connectivity index (χ0n) is 12.5. The highest BCUT2D eigenvalue weighted by molar-refractivity contribution is 6.04. The third kappa shape index (κ3) is 2.55. The van der Waals surface area contributed by atoms with Crippen LogP contribution >= 0.6 is 0 Å². The highest BCUT2D eigenvalue weighted by atomic mass is 16.2. The molecule has 1 fully saturated rings. The van der Waals surface area contributed by atoms with Crippen LogP contribution in [-0.4, -0.2) is 24.4 Å². The number of nitrogens with zero attached hydrogens (tertiary/aromatic N) is 1. The van der Waals surface area contributed by atoms with E-state index < -0.39 is 0 Å². The van der Waals surface area contributed by atoms with Crippen LogP contribution < -0.4 is 10.2 Å². The molecule has 1 aliphatic heterocycles. The van der Waals surface area contributed by atoms with Gasteiger partial charge in [-0.3, -0.25) is 14.5 Å². The normalized spacial score (nSPS) is 21.4. The maximum Gasteiger partial charge on any atom is 0.243 e. The first-order valence-corrected chi connectivity index (χ1v) is 7.91. The van der Waals surface area contributed by atoms with E-state index in [2.05, 4.69) is 5.32 Å². The molecule has 1 aliphatic carbocycles. The standard InChI is InChI=1S/C17H22N2O2/c1-2-18-16(20)15-11-13-9-5-6-10-14(13)19(15)17(21)12-7-3-4-8-12/h5-6,9-10,12,15H,2-4,7-8,11H2,1H3,(H,18,20). The van der Waals surface area contributed by atoms with Crippen LogP contribution in [0.3, 0.4) is 0 Å². The van der Waals surface area contributed by atoms with Crippen LogP contribution in [0.25, 0.3) is 0 Å². The van der Waals surface area contributed by atoms with Crippen LogP contribution in [0, 0.1) is 5.92 Å². The summed E-state index contributed by atoms with van der Waals surface area (Å²) in [6, 6.07) is 7.51. The zero-order chi connectivity index (χ0) is 14.8. The molecule has 1 saturated carbocycles. The van der Waals surface area contributed by atoms with Crippen LogP contribution in [0.1, 0.15) is 38.2 Å². The van der Waals surface area contributed by atoms with Gasteiger partial charge in [0.15, 0.2) is 0 Å². The number of carbonyl (C=O) groups is 2. The molecule has 112 valence electrons. The minimum absolute atomic E-state index is 0.0416. The summed E-state index contributed by atoms with van der Waals surface area (Å²) in [5, 5.41) is 2.86. The van der Waals surface area contributed by atoms with Crippen molar-refractivity contribution < 1.29 is 9.59 Å². The molecule has 4 nitrogen and oxygen atoms in total. The Morgan fingerprint density at radius 3 is 2.67 bits per heavy atom. The molecule has 0 bridgehead atoms. The Kier molecular flexibility index (Phi) is 3.95. The van der Waals surface area contributed by atoms with Crippen molar-refractivity contribution >= 4 is 17.5 Å². The third-order valence-electron chi connectivity index (χ3n) is 4.57. The van der Waals surface area contributed by atoms with E-state index in [1.54, 1.807) is 4.90 Å². The molecule has 0 radical (unpaired) electrons. The zero-order valence-corrected chi connectivity index (χ0v) is 12.5. The van der Waals surface area contributed by atoms with Crippen molar-refractivity contribution in [1.82, 2.24) is 5.32 Å². The molecule has 1 heterocycles. The van der Waals surface area contributed by atoms with E-state index in [0.29, 0.717) is 13.0 Å². The number of fused-ring (bicyclic) bond motifs is 1.